The molecule has 1 saturated heterocycles. The van der Waals surface area contributed by atoms with Gasteiger partial charge in [0.05, 0.1) is 30.5 Å². The van der Waals surface area contributed by atoms with E-state index in [2.05, 4.69) is 53.9 Å². The number of hydrogen-bond donors (Lipinski definition) is 2. The number of ether oxygens (including phenoxy) is 1. The number of morpholine rings is 1. The zero-order valence-electron chi connectivity index (χ0n) is 27.7. The Balaban J connectivity index is 1.41. The smallest absolute Gasteiger partial charge is 0.255 e. The van der Waals surface area contributed by atoms with Crippen molar-refractivity contribution in [3.05, 3.63) is 41.7 Å². The van der Waals surface area contributed by atoms with E-state index in [0.717, 1.165) is 75.3 Å². The molecule has 0 aliphatic carbocycles. The molecule has 4 aromatic rings. The van der Waals surface area contributed by atoms with E-state index < -0.39 is 13.9 Å². The number of carbonyl (C=O) groups is 1. The maximum absolute atomic E-state index is 13.7. The van der Waals surface area contributed by atoms with Crippen molar-refractivity contribution in [2.24, 2.45) is 7.05 Å². The Morgan fingerprint density at radius 2 is 1.84 bits per heavy atom. The third-order valence-electron chi connectivity index (χ3n) is 9.49. The van der Waals surface area contributed by atoms with Gasteiger partial charge < -0.3 is 19.4 Å². The Morgan fingerprint density at radius 1 is 1.11 bits per heavy atom. The van der Waals surface area contributed by atoms with Crippen molar-refractivity contribution in [3.63, 3.8) is 0 Å². The summed E-state index contributed by atoms with van der Waals surface area (Å²) in [4.78, 5) is 36.6. The van der Waals surface area contributed by atoms with Crippen LogP contribution in [0.4, 0.5) is 0 Å². The van der Waals surface area contributed by atoms with Gasteiger partial charge in [-0.2, -0.15) is 5.10 Å². The molecule has 0 atom stereocenters. The van der Waals surface area contributed by atoms with E-state index in [1.165, 1.54) is 5.56 Å². The van der Waals surface area contributed by atoms with Gasteiger partial charge in [-0.15, -0.1) is 0 Å². The van der Waals surface area contributed by atoms with Crippen molar-refractivity contribution in [2.75, 3.05) is 32.8 Å². The molecule has 1 amide bonds. The molecule has 10 nitrogen and oxygen atoms in total. The van der Waals surface area contributed by atoms with Gasteiger partial charge in [-0.25, -0.2) is 9.97 Å². The number of nitrogens with zero attached hydrogens (tertiary/aromatic N) is 6. The van der Waals surface area contributed by atoms with Crippen LogP contribution in [0.25, 0.3) is 33.5 Å². The zero-order valence-corrected chi connectivity index (χ0v) is 28.7. The number of amides is 1. The number of hydrogen-bond acceptors (Lipinski definition) is 7. The molecule has 44 heavy (non-hydrogen) atoms. The van der Waals surface area contributed by atoms with Gasteiger partial charge in [-0.3, -0.25) is 14.4 Å². The van der Waals surface area contributed by atoms with Gasteiger partial charge in [0.1, 0.15) is 16.9 Å². The van der Waals surface area contributed by atoms with E-state index in [4.69, 9.17) is 19.8 Å². The molecular weight excluding hydrogens is 570 g/mol. The topological polar surface area (TPSA) is 110 Å². The molecule has 1 fully saturated rings. The van der Waals surface area contributed by atoms with Crippen molar-refractivity contribution >= 4 is 36.3 Å². The highest BCUT2D eigenvalue weighted by atomic mass is 28.4. The summed E-state index contributed by atoms with van der Waals surface area (Å²) in [6, 6.07) is 6.39. The van der Waals surface area contributed by atoms with E-state index in [9.17, 15) is 9.59 Å². The summed E-state index contributed by atoms with van der Waals surface area (Å²) in [5.74, 6) is -0.181. The second kappa shape index (κ2) is 12.3. The lowest BCUT2D eigenvalue weighted by atomic mass is 9.93. The zero-order chi connectivity index (χ0) is 31.9. The summed E-state index contributed by atoms with van der Waals surface area (Å²) >= 11 is 0. The van der Waals surface area contributed by atoms with Gasteiger partial charge in [0.15, 0.2) is 14.0 Å². The van der Waals surface area contributed by atoms with Crippen molar-refractivity contribution in [1.82, 2.24) is 34.5 Å². The number of nitrogens with one attached hydrogen (secondary N) is 1. The van der Waals surface area contributed by atoms with E-state index in [1.54, 1.807) is 12.4 Å². The highest BCUT2D eigenvalue weighted by Crippen LogP contribution is 2.41. The Labute approximate surface area is 261 Å². The summed E-state index contributed by atoms with van der Waals surface area (Å²) in [5.41, 5.74) is 4.91. The van der Waals surface area contributed by atoms with Crippen LogP contribution in [0.15, 0.2) is 30.6 Å². The molecule has 1 aliphatic rings. The molecule has 1 aromatic carbocycles. The lowest BCUT2D eigenvalue weighted by Crippen LogP contribution is -2.46. The second-order valence-electron chi connectivity index (χ2n) is 14.3. The molecule has 238 valence electrons. The molecule has 1 aliphatic heterocycles. The Bertz CT molecular complexity index is 1640. The third kappa shape index (κ3) is 6.90. The highest BCUT2D eigenvalue weighted by Gasteiger charge is 2.39. The van der Waals surface area contributed by atoms with Gasteiger partial charge in [-0.05, 0) is 69.8 Å². The van der Waals surface area contributed by atoms with Crippen molar-refractivity contribution < 1.29 is 14.3 Å². The maximum atomic E-state index is 13.7. The molecule has 0 spiro atoms. The van der Waals surface area contributed by atoms with Gasteiger partial charge in [-0.1, -0.05) is 26.0 Å². The van der Waals surface area contributed by atoms with E-state index >= 15 is 0 Å². The molecule has 0 saturated carbocycles. The number of aryl methyl sites for hydroxylation is 3. The molecule has 3 aromatic heterocycles. The van der Waals surface area contributed by atoms with Crippen LogP contribution in [0.5, 0.6) is 0 Å². The molecule has 0 radical (unpaired) electrons. The van der Waals surface area contributed by atoms with Gasteiger partial charge in [0, 0.05) is 50.3 Å². The van der Waals surface area contributed by atoms with Crippen LogP contribution in [-0.2, 0) is 18.3 Å². The summed E-state index contributed by atoms with van der Waals surface area (Å²) in [6.07, 6.45) is 6.12. The quantitative estimate of drug-likeness (QED) is 0.220. The summed E-state index contributed by atoms with van der Waals surface area (Å²) in [6.45, 7) is 19.7. The standard InChI is InChI=1S/C33H49N7O3Si/c1-23-10-11-24-27(20-23)40(15-9-14-39-16-18-43-19-17-39)37-28(24)26-21-34-30-29(35-26)25(22-38(30)6)31(41)36-32(2,3)12-13-33(4,5)44(7,8)42/h10-11,20-22,42H,9,12-19H2,1-8H3,(H,36,41). The van der Waals surface area contributed by atoms with Gasteiger partial charge >= 0.3 is 0 Å². The Morgan fingerprint density at radius 3 is 2.55 bits per heavy atom. The van der Waals surface area contributed by atoms with Gasteiger partial charge in [0.2, 0.25) is 0 Å². The Hall–Kier alpha value is -3.12. The van der Waals surface area contributed by atoms with E-state index in [1.807, 2.05) is 38.6 Å². The van der Waals surface area contributed by atoms with Crippen LogP contribution in [0.1, 0.15) is 62.9 Å². The normalized spacial score (nSPS) is 15.4. The maximum Gasteiger partial charge on any atom is 0.255 e. The first-order valence-corrected chi connectivity index (χ1v) is 18.7. The SMILES string of the molecule is Cc1ccc2c(-c3cnc4c(n3)c(C(=O)NC(C)(C)CCC(C)(C)[Si](C)(C)O)cn4C)nn(CCCN3CCOCC3)c2c1. The van der Waals surface area contributed by atoms with Crippen LogP contribution in [0.2, 0.25) is 18.1 Å². The molecule has 11 heteroatoms. The minimum absolute atomic E-state index is 0.165. The first-order chi connectivity index (χ1) is 20.6. The molecule has 0 unspecified atom stereocenters. The van der Waals surface area contributed by atoms with Gasteiger partial charge in [0.25, 0.3) is 5.91 Å². The lowest BCUT2D eigenvalue weighted by molar-refractivity contribution is 0.0368. The highest BCUT2D eigenvalue weighted by molar-refractivity contribution is 6.72. The minimum atomic E-state index is -2.35. The predicted octanol–water partition coefficient (Wildman–Crippen LogP) is 5.28. The van der Waals surface area contributed by atoms with Crippen molar-refractivity contribution in [2.45, 2.75) is 84.1 Å². The number of benzene rings is 1. The Kier molecular flexibility index (Phi) is 9.05. The number of carbonyl (C=O) groups excluding carboxylic acids is 1. The van der Waals surface area contributed by atoms with E-state index in [-0.39, 0.29) is 10.9 Å². The first-order valence-electron chi connectivity index (χ1n) is 15.8. The number of rotatable bonds is 11. The fraction of sp³-hybridized carbons (Fsp3) is 0.576. The molecule has 0 bridgehead atoms. The molecule has 4 heterocycles. The van der Waals surface area contributed by atoms with Crippen LogP contribution in [-0.4, -0.2) is 86.6 Å². The van der Waals surface area contributed by atoms with Crippen LogP contribution in [0, 0.1) is 6.92 Å². The molecule has 5 rings (SSSR count). The largest absolute Gasteiger partial charge is 0.432 e. The number of aromatic nitrogens is 5. The van der Waals surface area contributed by atoms with Crippen molar-refractivity contribution in [3.8, 4) is 11.4 Å². The van der Waals surface area contributed by atoms with E-state index in [0.29, 0.717) is 22.4 Å². The van der Waals surface area contributed by atoms with Crippen LogP contribution in [0.3, 0.4) is 0 Å². The van der Waals surface area contributed by atoms with Crippen LogP contribution < -0.4 is 5.32 Å². The fourth-order valence-corrected chi connectivity index (χ4v) is 6.44. The first kappa shape index (κ1) is 32.3. The third-order valence-corrected chi connectivity index (χ3v) is 13.1. The van der Waals surface area contributed by atoms with Crippen molar-refractivity contribution in [1.29, 1.82) is 0 Å². The summed E-state index contributed by atoms with van der Waals surface area (Å²) in [7, 11) is -0.460. The summed E-state index contributed by atoms with van der Waals surface area (Å²) < 4.78 is 9.43. The fourth-order valence-electron chi connectivity index (χ4n) is 5.70. The lowest BCUT2D eigenvalue weighted by Gasteiger charge is -2.38. The molecule has 2 N–H and O–H groups in total. The average molecular weight is 620 g/mol. The minimum Gasteiger partial charge on any atom is -0.432 e. The monoisotopic (exact) mass is 619 g/mol. The molecular formula is C33H49N7O3Si. The summed E-state index contributed by atoms with van der Waals surface area (Å²) in [5, 5.41) is 9.14. The predicted molar refractivity (Wildman–Crippen MR) is 178 cm³/mol. The second-order valence-corrected chi connectivity index (χ2v) is 18.7. The average Bonchev–Trinajstić information content (AvgIpc) is 3.48. The number of fused-ring (bicyclic) bond motifs is 2. The van der Waals surface area contributed by atoms with Crippen LogP contribution >= 0.6 is 0 Å².